The van der Waals surface area contributed by atoms with Crippen molar-refractivity contribution < 1.29 is 13.9 Å². The lowest BCUT2D eigenvalue weighted by molar-refractivity contribution is 0.112. The standard InChI is InChI=1S/C14H10ClFO2/c1-9-2-3-10(8-17)6-14(9)18-11-4-5-13(16)12(15)7-11/h2-8H,1H3. The maximum atomic E-state index is 13.0. The Balaban J connectivity index is 2.33. The van der Waals surface area contributed by atoms with Crippen LogP contribution in [-0.2, 0) is 0 Å². The van der Waals surface area contributed by atoms with Gasteiger partial charge in [-0.15, -0.1) is 0 Å². The lowest BCUT2D eigenvalue weighted by Gasteiger charge is -2.09. The summed E-state index contributed by atoms with van der Waals surface area (Å²) in [6, 6.07) is 9.21. The molecule has 0 saturated heterocycles. The molecule has 0 aliphatic rings. The largest absolute Gasteiger partial charge is 0.457 e. The fourth-order valence-corrected chi connectivity index (χ4v) is 1.64. The predicted molar refractivity (Wildman–Crippen MR) is 68.1 cm³/mol. The van der Waals surface area contributed by atoms with Crippen LogP contribution in [-0.4, -0.2) is 6.29 Å². The monoisotopic (exact) mass is 264 g/mol. The van der Waals surface area contributed by atoms with Crippen molar-refractivity contribution in [3.05, 3.63) is 58.4 Å². The van der Waals surface area contributed by atoms with Crippen molar-refractivity contribution in [2.24, 2.45) is 0 Å². The van der Waals surface area contributed by atoms with Gasteiger partial charge < -0.3 is 4.74 Å². The Morgan fingerprint density at radius 3 is 2.67 bits per heavy atom. The van der Waals surface area contributed by atoms with Gasteiger partial charge in [0.1, 0.15) is 23.6 Å². The summed E-state index contributed by atoms with van der Waals surface area (Å²) in [4.78, 5) is 10.7. The van der Waals surface area contributed by atoms with Crippen LogP contribution in [0.15, 0.2) is 36.4 Å². The number of carbonyl (C=O) groups is 1. The van der Waals surface area contributed by atoms with E-state index >= 15 is 0 Å². The van der Waals surface area contributed by atoms with E-state index in [4.69, 9.17) is 16.3 Å². The quantitative estimate of drug-likeness (QED) is 0.769. The first-order chi connectivity index (χ1) is 8.60. The van der Waals surface area contributed by atoms with Gasteiger partial charge in [0.05, 0.1) is 5.02 Å². The van der Waals surface area contributed by atoms with Crippen molar-refractivity contribution in [1.29, 1.82) is 0 Å². The Bertz CT molecular complexity index is 596. The first-order valence-electron chi connectivity index (χ1n) is 5.29. The Labute approximate surface area is 109 Å². The number of aryl methyl sites for hydroxylation is 1. The zero-order chi connectivity index (χ0) is 13.1. The summed E-state index contributed by atoms with van der Waals surface area (Å²) >= 11 is 5.67. The molecule has 0 aliphatic heterocycles. The molecule has 0 fully saturated rings. The van der Waals surface area contributed by atoms with E-state index in [-0.39, 0.29) is 5.02 Å². The number of benzene rings is 2. The molecular weight excluding hydrogens is 255 g/mol. The molecule has 0 aliphatic carbocycles. The van der Waals surface area contributed by atoms with E-state index < -0.39 is 5.82 Å². The van der Waals surface area contributed by atoms with Crippen LogP contribution >= 0.6 is 11.6 Å². The highest BCUT2D eigenvalue weighted by atomic mass is 35.5. The van der Waals surface area contributed by atoms with E-state index in [1.54, 1.807) is 18.2 Å². The van der Waals surface area contributed by atoms with E-state index in [2.05, 4.69) is 0 Å². The van der Waals surface area contributed by atoms with Crippen LogP contribution in [0.3, 0.4) is 0 Å². The third kappa shape index (κ3) is 2.68. The van der Waals surface area contributed by atoms with Crippen molar-refractivity contribution in [2.45, 2.75) is 6.92 Å². The van der Waals surface area contributed by atoms with Crippen LogP contribution in [0.2, 0.25) is 5.02 Å². The molecule has 0 heterocycles. The zero-order valence-corrected chi connectivity index (χ0v) is 10.4. The van der Waals surface area contributed by atoms with Gasteiger partial charge in [0, 0.05) is 11.6 Å². The van der Waals surface area contributed by atoms with Gasteiger partial charge in [-0.25, -0.2) is 4.39 Å². The molecule has 92 valence electrons. The molecule has 0 radical (unpaired) electrons. The van der Waals surface area contributed by atoms with Gasteiger partial charge in [-0.3, -0.25) is 4.79 Å². The Kier molecular flexibility index (Phi) is 3.63. The second-order valence-corrected chi connectivity index (χ2v) is 4.23. The fraction of sp³-hybridized carbons (Fsp3) is 0.0714. The molecular formula is C14H10ClFO2. The number of hydrogen-bond donors (Lipinski definition) is 0. The Morgan fingerprint density at radius 2 is 2.00 bits per heavy atom. The number of halogens is 2. The number of hydrogen-bond acceptors (Lipinski definition) is 2. The molecule has 18 heavy (non-hydrogen) atoms. The summed E-state index contributed by atoms with van der Waals surface area (Å²) in [6.07, 6.45) is 0.740. The van der Waals surface area contributed by atoms with Crippen molar-refractivity contribution in [1.82, 2.24) is 0 Å². The first kappa shape index (κ1) is 12.6. The average Bonchev–Trinajstić information content (AvgIpc) is 2.36. The highest BCUT2D eigenvalue weighted by molar-refractivity contribution is 6.30. The van der Waals surface area contributed by atoms with Gasteiger partial charge in [0.25, 0.3) is 0 Å². The smallest absolute Gasteiger partial charge is 0.150 e. The molecule has 0 atom stereocenters. The van der Waals surface area contributed by atoms with Crippen molar-refractivity contribution in [3.63, 3.8) is 0 Å². The Hall–Kier alpha value is -1.87. The highest BCUT2D eigenvalue weighted by Crippen LogP contribution is 2.28. The van der Waals surface area contributed by atoms with Crippen molar-refractivity contribution >= 4 is 17.9 Å². The van der Waals surface area contributed by atoms with Gasteiger partial charge in [0.2, 0.25) is 0 Å². The zero-order valence-electron chi connectivity index (χ0n) is 9.61. The van der Waals surface area contributed by atoms with Crippen LogP contribution in [0.25, 0.3) is 0 Å². The third-order valence-electron chi connectivity index (χ3n) is 2.47. The second-order valence-electron chi connectivity index (χ2n) is 3.82. The molecule has 0 amide bonds. The lowest BCUT2D eigenvalue weighted by atomic mass is 10.1. The molecule has 4 heteroatoms. The number of ether oxygens (including phenoxy) is 1. The maximum absolute atomic E-state index is 13.0. The normalized spacial score (nSPS) is 10.2. The maximum Gasteiger partial charge on any atom is 0.150 e. The summed E-state index contributed by atoms with van der Waals surface area (Å²) in [7, 11) is 0. The van der Waals surface area contributed by atoms with Crippen LogP contribution in [0, 0.1) is 12.7 Å². The summed E-state index contributed by atoms with van der Waals surface area (Å²) in [6.45, 7) is 1.86. The molecule has 0 saturated carbocycles. The number of aldehydes is 1. The fourth-order valence-electron chi connectivity index (χ4n) is 1.47. The van der Waals surface area contributed by atoms with Gasteiger partial charge in [0.15, 0.2) is 0 Å². The summed E-state index contributed by atoms with van der Waals surface area (Å²) < 4.78 is 18.6. The Morgan fingerprint density at radius 1 is 1.22 bits per heavy atom. The molecule has 0 spiro atoms. The molecule has 0 aromatic heterocycles. The summed E-state index contributed by atoms with van der Waals surface area (Å²) in [5.74, 6) is 0.470. The molecule has 0 unspecified atom stereocenters. The van der Waals surface area contributed by atoms with Gasteiger partial charge in [-0.2, -0.15) is 0 Å². The first-order valence-corrected chi connectivity index (χ1v) is 5.66. The van der Waals surface area contributed by atoms with Crippen LogP contribution in [0.5, 0.6) is 11.5 Å². The highest BCUT2D eigenvalue weighted by Gasteiger charge is 2.06. The molecule has 2 aromatic rings. The molecule has 2 nitrogen and oxygen atoms in total. The third-order valence-corrected chi connectivity index (χ3v) is 2.76. The minimum Gasteiger partial charge on any atom is -0.457 e. The average molecular weight is 265 g/mol. The van der Waals surface area contributed by atoms with Gasteiger partial charge in [-0.05, 0) is 30.7 Å². The van der Waals surface area contributed by atoms with Crippen LogP contribution < -0.4 is 4.74 Å². The van der Waals surface area contributed by atoms with Crippen molar-refractivity contribution in [2.75, 3.05) is 0 Å². The summed E-state index contributed by atoms with van der Waals surface area (Å²) in [5.41, 5.74) is 1.39. The molecule has 0 bridgehead atoms. The van der Waals surface area contributed by atoms with Gasteiger partial charge in [-0.1, -0.05) is 23.7 Å². The topological polar surface area (TPSA) is 26.3 Å². The van der Waals surface area contributed by atoms with E-state index in [0.717, 1.165) is 11.8 Å². The van der Waals surface area contributed by atoms with E-state index in [1.165, 1.54) is 18.2 Å². The minimum atomic E-state index is -0.498. The van der Waals surface area contributed by atoms with E-state index in [0.29, 0.717) is 17.1 Å². The summed E-state index contributed by atoms with van der Waals surface area (Å²) in [5, 5.41) is -0.00306. The SMILES string of the molecule is Cc1ccc(C=O)cc1Oc1ccc(F)c(Cl)c1. The number of carbonyl (C=O) groups excluding carboxylic acids is 1. The number of rotatable bonds is 3. The van der Waals surface area contributed by atoms with Crippen LogP contribution in [0.1, 0.15) is 15.9 Å². The van der Waals surface area contributed by atoms with E-state index in [9.17, 15) is 9.18 Å². The van der Waals surface area contributed by atoms with E-state index in [1.807, 2.05) is 6.92 Å². The van der Waals surface area contributed by atoms with Gasteiger partial charge >= 0.3 is 0 Å². The molecule has 2 rings (SSSR count). The minimum absolute atomic E-state index is 0.00306. The van der Waals surface area contributed by atoms with Crippen molar-refractivity contribution in [3.8, 4) is 11.5 Å². The molecule has 0 N–H and O–H groups in total. The lowest BCUT2D eigenvalue weighted by Crippen LogP contribution is -1.90. The van der Waals surface area contributed by atoms with Crippen LogP contribution in [0.4, 0.5) is 4.39 Å². The molecule has 2 aromatic carbocycles. The predicted octanol–water partition coefficient (Wildman–Crippen LogP) is 4.39. The second kappa shape index (κ2) is 5.19.